The van der Waals surface area contributed by atoms with Crippen molar-refractivity contribution < 1.29 is 0 Å². The summed E-state index contributed by atoms with van der Waals surface area (Å²) in [7, 11) is 0. The van der Waals surface area contributed by atoms with Crippen molar-refractivity contribution >= 4 is 44.0 Å². The van der Waals surface area contributed by atoms with Gasteiger partial charge in [-0.15, -0.1) is 0 Å². The lowest BCUT2D eigenvalue weighted by molar-refractivity contribution is 0.836. The highest BCUT2D eigenvalue weighted by molar-refractivity contribution is 9.10. The van der Waals surface area contributed by atoms with E-state index in [1.165, 1.54) is 10.9 Å². The summed E-state index contributed by atoms with van der Waals surface area (Å²) in [6, 6.07) is 16.5. The van der Waals surface area contributed by atoms with E-state index in [0.717, 1.165) is 22.1 Å². The number of benzene rings is 2. The number of nitrogens with two attached hydrogens (primary N) is 1. The van der Waals surface area contributed by atoms with Crippen LogP contribution in [0.2, 0.25) is 0 Å². The molecule has 0 saturated carbocycles. The van der Waals surface area contributed by atoms with Crippen LogP contribution in [0, 0.1) is 0 Å². The molecule has 1 aromatic heterocycles. The van der Waals surface area contributed by atoms with Gasteiger partial charge in [0.05, 0.1) is 0 Å². The Morgan fingerprint density at radius 3 is 2.75 bits per heavy atom. The summed E-state index contributed by atoms with van der Waals surface area (Å²) in [5.74, 6) is 0. The molecule has 0 amide bonds. The smallest absolute Gasteiger partial charge is 0.104 e. The van der Waals surface area contributed by atoms with Gasteiger partial charge in [0.15, 0.2) is 0 Å². The van der Waals surface area contributed by atoms with Crippen LogP contribution < -0.4 is 5.73 Å². The lowest BCUT2D eigenvalue weighted by atomic mass is 10.1. The molecule has 2 aromatic carbocycles. The summed E-state index contributed by atoms with van der Waals surface area (Å²) in [6.45, 7) is 0.823. The zero-order valence-electron chi connectivity index (χ0n) is 10.7. The predicted octanol–water partition coefficient (Wildman–Crippen LogP) is 4.09. The van der Waals surface area contributed by atoms with Crippen LogP contribution in [0.25, 0.3) is 10.9 Å². The number of hydrogen-bond acceptors (Lipinski definition) is 1. The molecule has 0 aliphatic heterocycles. The Morgan fingerprint density at radius 1 is 1.15 bits per heavy atom. The number of nitrogens with zero attached hydrogens (tertiary/aromatic N) is 1. The van der Waals surface area contributed by atoms with Crippen LogP contribution in [0.15, 0.2) is 59.2 Å². The quantitative estimate of drug-likeness (QED) is 0.725. The maximum absolute atomic E-state index is 5.71. The number of halogens is 1. The monoisotopic (exact) mass is 344 g/mol. The Balaban J connectivity index is 2.03. The third-order valence-corrected chi connectivity index (χ3v) is 4.03. The lowest BCUT2D eigenvalue weighted by Gasteiger charge is -2.07. The number of rotatable bonds is 3. The molecule has 0 radical (unpaired) electrons. The normalized spacial score (nSPS) is 10.8. The Labute approximate surface area is 131 Å². The van der Waals surface area contributed by atoms with E-state index in [1.807, 2.05) is 18.2 Å². The van der Waals surface area contributed by atoms with Crippen molar-refractivity contribution in [2.24, 2.45) is 5.73 Å². The van der Waals surface area contributed by atoms with Crippen LogP contribution in [0.4, 0.5) is 0 Å². The van der Waals surface area contributed by atoms with E-state index in [2.05, 4.69) is 57.0 Å². The summed E-state index contributed by atoms with van der Waals surface area (Å²) in [4.78, 5) is 0.433. The molecule has 0 spiro atoms. The van der Waals surface area contributed by atoms with Crippen molar-refractivity contribution in [1.29, 1.82) is 0 Å². The number of aromatic nitrogens is 1. The number of thiocarbonyl (C=S) groups is 1. The van der Waals surface area contributed by atoms with E-state index in [1.54, 1.807) is 0 Å². The van der Waals surface area contributed by atoms with E-state index in [9.17, 15) is 0 Å². The first-order valence-electron chi connectivity index (χ1n) is 6.26. The molecule has 2 N–H and O–H groups in total. The zero-order valence-corrected chi connectivity index (χ0v) is 13.1. The molecule has 0 unspecified atom stereocenters. The first-order chi connectivity index (χ1) is 9.63. The summed E-state index contributed by atoms with van der Waals surface area (Å²) < 4.78 is 3.30. The molecule has 0 aliphatic rings. The summed E-state index contributed by atoms with van der Waals surface area (Å²) in [5, 5.41) is 1.19. The van der Waals surface area contributed by atoms with E-state index in [0.29, 0.717) is 4.99 Å². The molecule has 0 aliphatic carbocycles. The predicted molar refractivity (Wildman–Crippen MR) is 91.1 cm³/mol. The van der Waals surface area contributed by atoms with Crippen LogP contribution in [0.1, 0.15) is 11.1 Å². The van der Waals surface area contributed by atoms with Crippen LogP contribution >= 0.6 is 28.1 Å². The molecule has 20 heavy (non-hydrogen) atoms. The van der Waals surface area contributed by atoms with Gasteiger partial charge in [-0.05, 0) is 35.2 Å². The van der Waals surface area contributed by atoms with Gasteiger partial charge >= 0.3 is 0 Å². The summed E-state index contributed by atoms with van der Waals surface area (Å²) in [5.41, 5.74) is 9.01. The molecule has 3 rings (SSSR count). The van der Waals surface area contributed by atoms with Gasteiger partial charge in [-0.2, -0.15) is 0 Å². The minimum absolute atomic E-state index is 0.433. The van der Waals surface area contributed by atoms with Crippen LogP contribution in [0.3, 0.4) is 0 Å². The Kier molecular flexibility index (Phi) is 3.59. The van der Waals surface area contributed by atoms with Crippen LogP contribution in [0.5, 0.6) is 0 Å². The lowest BCUT2D eigenvalue weighted by Crippen LogP contribution is -2.09. The third-order valence-electron chi connectivity index (χ3n) is 3.30. The molecule has 3 aromatic rings. The second-order valence-corrected chi connectivity index (χ2v) is 6.07. The first-order valence-corrected chi connectivity index (χ1v) is 7.47. The standard InChI is InChI=1S/C16H13BrN2S/c17-14-3-1-2-11(8-14)10-19-7-6-12-4-5-13(16(18)20)9-15(12)19/h1-9H,10H2,(H2,18,20). The average Bonchev–Trinajstić information content (AvgIpc) is 2.81. The van der Waals surface area contributed by atoms with Gasteiger partial charge < -0.3 is 10.3 Å². The van der Waals surface area contributed by atoms with Gasteiger partial charge in [0.1, 0.15) is 4.99 Å². The van der Waals surface area contributed by atoms with Crippen LogP contribution in [-0.2, 0) is 6.54 Å². The summed E-state index contributed by atoms with van der Waals surface area (Å²) in [6.07, 6.45) is 2.09. The fraction of sp³-hybridized carbons (Fsp3) is 0.0625. The molecule has 1 heterocycles. The minimum Gasteiger partial charge on any atom is -0.389 e. The fourth-order valence-corrected chi connectivity index (χ4v) is 2.88. The number of fused-ring (bicyclic) bond motifs is 1. The van der Waals surface area contributed by atoms with Gasteiger partial charge in [-0.1, -0.05) is 52.4 Å². The largest absolute Gasteiger partial charge is 0.389 e. The Bertz CT molecular complexity index is 792. The van der Waals surface area contributed by atoms with Gasteiger partial charge in [0.2, 0.25) is 0 Å². The molecule has 4 heteroatoms. The molecule has 0 atom stereocenters. The molecule has 0 saturated heterocycles. The van der Waals surface area contributed by atoms with Gasteiger partial charge in [-0.25, -0.2) is 0 Å². The second-order valence-electron chi connectivity index (χ2n) is 4.71. The fourth-order valence-electron chi connectivity index (χ4n) is 2.31. The van der Waals surface area contributed by atoms with E-state index in [4.69, 9.17) is 18.0 Å². The topological polar surface area (TPSA) is 30.9 Å². The molecule has 100 valence electrons. The Morgan fingerprint density at radius 2 is 2.00 bits per heavy atom. The van der Waals surface area contributed by atoms with Crippen molar-refractivity contribution in [1.82, 2.24) is 4.57 Å². The highest BCUT2D eigenvalue weighted by Gasteiger charge is 2.05. The van der Waals surface area contributed by atoms with Crippen molar-refractivity contribution in [2.45, 2.75) is 6.54 Å². The minimum atomic E-state index is 0.433. The molecule has 0 fully saturated rings. The molecule has 0 bridgehead atoms. The van der Waals surface area contributed by atoms with Gasteiger partial charge in [0.25, 0.3) is 0 Å². The third kappa shape index (κ3) is 2.62. The van der Waals surface area contributed by atoms with Crippen molar-refractivity contribution in [3.8, 4) is 0 Å². The highest BCUT2D eigenvalue weighted by Crippen LogP contribution is 2.20. The van der Waals surface area contributed by atoms with E-state index in [-0.39, 0.29) is 0 Å². The van der Waals surface area contributed by atoms with Gasteiger partial charge in [0, 0.05) is 28.3 Å². The Hall–Kier alpha value is -1.65. The van der Waals surface area contributed by atoms with Crippen LogP contribution in [-0.4, -0.2) is 9.56 Å². The maximum Gasteiger partial charge on any atom is 0.104 e. The first kappa shape index (κ1) is 13.3. The number of hydrogen-bond donors (Lipinski definition) is 1. The molecular formula is C16H13BrN2S. The van der Waals surface area contributed by atoms with Gasteiger partial charge in [-0.3, -0.25) is 0 Å². The maximum atomic E-state index is 5.71. The van der Waals surface area contributed by atoms with E-state index >= 15 is 0 Å². The summed E-state index contributed by atoms with van der Waals surface area (Å²) >= 11 is 8.56. The van der Waals surface area contributed by atoms with E-state index < -0.39 is 0 Å². The van der Waals surface area contributed by atoms with Crippen molar-refractivity contribution in [3.63, 3.8) is 0 Å². The average molecular weight is 345 g/mol. The highest BCUT2D eigenvalue weighted by atomic mass is 79.9. The molecular weight excluding hydrogens is 332 g/mol. The molecule has 2 nitrogen and oxygen atoms in total. The second kappa shape index (κ2) is 5.38. The van der Waals surface area contributed by atoms with Crippen molar-refractivity contribution in [3.05, 3.63) is 70.3 Å². The van der Waals surface area contributed by atoms with Crippen molar-refractivity contribution in [2.75, 3.05) is 0 Å². The SMILES string of the molecule is NC(=S)c1ccc2ccn(Cc3cccc(Br)c3)c2c1. The zero-order chi connectivity index (χ0) is 14.1.